The summed E-state index contributed by atoms with van der Waals surface area (Å²) >= 11 is 3.27. The predicted octanol–water partition coefficient (Wildman–Crippen LogP) is 3.26. The third-order valence-corrected chi connectivity index (χ3v) is 3.70. The first kappa shape index (κ1) is 15.1. The Balaban J connectivity index is 2.27. The van der Waals surface area contributed by atoms with Gasteiger partial charge in [0.25, 0.3) is 0 Å². The molecule has 1 unspecified atom stereocenters. The van der Waals surface area contributed by atoms with Gasteiger partial charge in [-0.05, 0) is 33.0 Å². The zero-order valence-corrected chi connectivity index (χ0v) is 13.4. The molecule has 0 bridgehead atoms. The van der Waals surface area contributed by atoms with E-state index in [0.717, 1.165) is 10.3 Å². The molecular formula is C14H18BrFN4. The summed E-state index contributed by atoms with van der Waals surface area (Å²) < 4.78 is 16.7. The van der Waals surface area contributed by atoms with Crippen LogP contribution >= 0.6 is 15.9 Å². The van der Waals surface area contributed by atoms with E-state index in [1.807, 2.05) is 31.6 Å². The molecule has 108 valence electrons. The van der Waals surface area contributed by atoms with Gasteiger partial charge in [0.1, 0.15) is 18.0 Å². The number of nitrogens with zero attached hydrogens (tertiary/aromatic N) is 3. The minimum atomic E-state index is -0.227. The second-order valence-electron chi connectivity index (χ2n) is 4.93. The number of nitrogens with one attached hydrogen (secondary N) is 1. The average molecular weight is 341 g/mol. The van der Waals surface area contributed by atoms with Gasteiger partial charge in [0.15, 0.2) is 0 Å². The molecule has 0 saturated heterocycles. The number of halogens is 2. The van der Waals surface area contributed by atoms with Gasteiger partial charge >= 0.3 is 0 Å². The van der Waals surface area contributed by atoms with Crippen molar-refractivity contribution in [1.29, 1.82) is 0 Å². The summed E-state index contributed by atoms with van der Waals surface area (Å²) in [4.78, 5) is 4.28. The van der Waals surface area contributed by atoms with Gasteiger partial charge in [0.2, 0.25) is 0 Å². The van der Waals surface area contributed by atoms with E-state index >= 15 is 0 Å². The highest BCUT2D eigenvalue weighted by Crippen LogP contribution is 2.24. The number of rotatable bonds is 5. The molecule has 2 aromatic rings. The summed E-state index contributed by atoms with van der Waals surface area (Å²) in [5.41, 5.74) is 0.633. The number of likely N-dealkylation sites (N-methyl/N-ethyl adjacent to an activating group) is 1. The quantitative estimate of drug-likeness (QED) is 0.908. The summed E-state index contributed by atoms with van der Waals surface area (Å²) in [5, 5.41) is 7.36. The molecule has 20 heavy (non-hydrogen) atoms. The molecule has 0 aliphatic carbocycles. The third-order valence-electron chi connectivity index (χ3n) is 3.21. The molecule has 0 spiro atoms. The van der Waals surface area contributed by atoms with Crippen LogP contribution in [0.5, 0.6) is 0 Å². The third kappa shape index (κ3) is 3.24. The Kier molecular flexibility index (Phi) is 4.88. The lowest BCUT2D eigenvalue weighted by Crippen LogP contribution is -2.22. The van der Waals surface area contributed by atoms with Crippen LogP contribution < -0.4 is 5.32 Å². The molecule has 0 aliphatic heterocycles. The van der Waals surface area contributed by atoms with Crippen LogP contribution in [0.4, 0.5) is 4.39 Å². The molecule has 1 N–H and O–H groups in total. The van der Waals surface area contributed by atoms with Crippen molar-refractivity contribution in [3.05, 3.63) is 46.2 Å². The lowest BCUT2D eigenvalue weighted by atomic mass is 10.0. The molecule has 0 saturated carbocycles. The van der Waals surface area contributed by atoms with Crippen molar-refractivity contribution in [3.63, 3.8) is 0 Å². The normalized spacial score (nSPS) is 12.9. The van der Waals surface area contributed by atoms with Crippen LogP contribution in [0.2, 0.25) is 0 Å². The molecule has 0 fully saturated rings. The second kappa shape index (κ2) is 6.45. The Hall–Kier alpha value is -1.27. The van der Waals surface area contributed by atoms with Crippen LogP contribution in [0.3, 0.4) is 0 Å². The standard InChI is InChI=1S/C14H18BrFN4/c1-9(2)20-14(18-8-19-20)7-13(17-3)11-5-4-10(15)6-12(11)16/h4-6,8-9,13,17H,7H2,1-3H3. The fourth-order valence-corrected chi connectivity index (χ4v) is 2.52. The van der Waals surface area contributed by atoms with E-state index < -0.39 is 0 Å². The largest absolute Gasteiger partial charge is 0.313 e. The van der Waals surface area contributed by atoms with Crippen LogP contribution in [0.1, 0.15) is 37.3 Å². The van der Waals surface area contributed by atoms with E-state index in [0.29, 0.717) is 12.0 Å². The molecule has 6 heteroatoms. The van der Waals surface area contributed by atoms with Gasteiger partial charge in [-0.2, -0.15) is 5.10 Å². The number of benzene rings is 1. The lowest BCUT2D eigenvalue weighted by molar-refractivity contribution is 0.468. The van der Waals surface area contributed by atoms with E-state index in [9.17, 15) is 4.39 Å². The maximum atomic E-state index is 14.1. The predicted molar refractivity (Wildman–Crippen MR) is 80.0 cm³/mol. The van der Waals surface area contributed by atoms with Gasteiger partial charge in [-0.1, -0.05) is 22.0 Å². The van der Waals surface area contributed by atoms with Crippen molar-refractivity contribution in [1.82, 2.24) is 20.1 Å². The topological polar surface area (TPSA) is 42.7 Å². The molecule has 0 amide bonds. The Bertz CT molecular complexity index is 582. The number of hydrogen-bond acceptors (Lipinski definition) is 3. The van der Waals surface area contributed by atoms with Gasteiger partial charge in [-0.15, -0.1) is 0 Å². The van der Waals surface area contributed by atoms with Gasteiger partial charge < -0.3 is 5.32 Å². The van der Waals surface area contributed by atoms with Crippen LogP contribution in [-0.2, 0) is 6.42 Å². The van der Waals surface area contributed by atoms with Gasteiger partial charge in [-0.3, -0.25) is 0 Å². The fraction of sp³-hybridized carbons (Fsp3) is 0.429. The number of hydrogen-bond donors (Lipinski definition) is 1. The Morgan fingerprint density at radius 2 is 2.15 bits per heavy atom. The minimum absolute atomic E-state index is 0.134. The highest BCUT2D eigenvalue weighted by molar-refractivity contribution is 9.10. The first-order chi connectivity index (χ1) is 9.52. The van der Waals surface area contributed by atoms with Gasteiger partial charge in [0.05, 0.1) is 0 Å². The monoisotopic (exact) mass is 340 g/mol. The molecule has 1 heterocycles. The van der Waals surface area contributed by atoms with E-state index in [1.165, 1.54) is 6.07 Å². The molecule has 0 aliphatic rings. The summed E-state index contributed by atoms with van der Waals surface area (Å²) in [5.74, 6) is 0.621. The summed E-state index contributed by atoms with van der Waals surface area (Å²) in [6, 6.07) is 5.21. The molecule has 1 aromatic heterocycles. The summed E-state index contributed by atoms with van der Waals surface area (Å²) in [6.45, 7) is 4.10. The van der Waals surface area contributed by atoms with E-state index in [-0.39, 0.29) is 17.9 Å². The Labute approximate surface area is 126 Å². The van der Waals surface area contributed by atoms with Crippen molar-refractivity contribution in [3.8, 4) is 0 Å². The first-order valence-corrected chi connectivity index (χ1v) is 7.32. The molecule has 0 radical (unpaired) electrons. The van der Waals surface area contributed by atoms with Crippen molar-refractivity contribution >= 4 is 15.9 Å². The average Bonchev–Trinajstić information content (AvgIpc) is 2.85. The molecule has 4 nitrogen and oxygen atoms in total. The maximum absolute atomic E-state index is 14.1. The molecular weight excluding hydrogens is 323 g/mol. The van der Waals surface area contributed by atoms with Crippen molar-refractivity contribution < 1.29 is 4.39 Å². The van der Waals surface area contributed by atoms with Crippen molar-refractivity contribution in [2.45, 2.75) is 32.4 Å². The van der Waals surface area contributed by atoms with Crippen LogP contribution in [0, 0.1) is 5.82 Å². The number of aromatic nitrogens is 3. The summed E-state index contributed by atoms with van der Waals surface area (Å²) in [6.07, 6.45) is 2.13. The van der Waals surface area contributed by atoms with E-state index in [4.69, 9.17) is 0 Å². The maximum Gasteiger partial charge on any atom is 0.138 e. The Morgan fingerprint density at radius 3 is 2.75 bits per heavy atom. The van der Waals surface area contributed by atoms with Crippen molar-refractivity contribution in [2.75, 3.05) is 7.05 Å². The smallest absolute Gasteiger partial charge is 0.138 e. The van der Waals surface area contributed by atoms with Crippen LogP contribution in [-0.4, -0.2) is 21.8 Å². The molecule has 1 atom stereocenters. The fourth-order valence-electron chi connectivity index (χ4n) is 2.19. The highest BCUT2D eigenvalue weighted by atomic mass is 79.9. The van der Waals surface area contributed by atoms with Crippen molar-refractivity contribution in [2.24, 2.45) is 0 Å². The van der Waals surface area contributed by atoms with Gasteiger partial charge in [0, 0.05) is 28.5 Å². The van der Waals surface area contributed by atoms with E-state index in [2.05, 4.69) is 31.3 Å². The zero-order chi connectivity index (χ0) is 14.7. The van der Waals surface area contributed by atoms with Gasteiger partial charge in [-0.25, -0.2) is 14.1 Å². The molecule has 2 rings (SSSR count). The summed E-state index contributed by atoms with van der Waals surface area (Å²) in [7, 11) is 1.82. The highest BCUT2D eigenvalue weighted by Gasteiger charge is 2.18. The minimum Gasteiger partial charge on any atom is -0.313 e. The SMILES string of the molecule is CNC(Cc1ncnn1C(C)C)c1ccc(Br)cc1F. The first-order valence-electron chi connectivity index (χ1n) is 6.53. The lowest BCUT2D eigenvalue weighted by Gasteiger charge is -2.18. The van der Waals surface area contributed by atoms with E-state index in [1.54, 1.807) is 12.4 Å². The zero-order valence-electron chi connectivity index (χ0n) is 11.8. The Morgan fingerprint density at radius 1 is 1.40 bits per heavy atom. The van der Waals surface area contributed by atoms with Crippen LogP contribution in [0.25, 0.3) is 0 Å². The van der Waals surface area contributed by atoms with Crippen LogP contribution in [0.15, 0.2) is 29.0 Å². The second-order valence-corrected chi connectivity index (χ2v) is 5.84. The molecule has 1 aromatic carbocycles.